The van der Waals surface area contributed by atoms with Gasteiger partial charge in [0.2, 0.25) is 0 Å². The SMILES string of the molecule is Cc1ccc2c(c1)C(CCN)C(C)(C)C2. The Hall–Kier alpha value is -0.820. The highest BCUT2D eigenvalue weighted by atomic mass is 14.5. The molecular weight excluding hydrogens is 182 g/mol. The zero-order chi connectivity index (χ0) is 11.1. The van der Waals surface area contributed by atoms with Gasteiger partial charge in [-0.25, -0.2) is 0 Å². The van der Waals surface area contributed by atoms with E-state index in [0.717, 1.165) is 13.0 Å². The van der Waals surface area contributed by atoms with Crippen molar-refractivity contribution in [2.45, 2.75) is 39.5 Å². The molecule has 0 bridgehead atoms. The van der Waals surface area contributed by atoms with Crippen LogP contribution in [0.5, 0.6) is 0 Å². The van der Waals surface area contributed by atoms with Crippen LogP contribution in [0.4, 0.5) is 0 Å². The van der Waals surface area contributed by atoms with Crippen molar-refractivity contribution < 1.29 is 0 Å². The molecule has 0 spiro atoms. The number of hydrogen-bond donors (Lipinski definition) is 1. The van der Waals surface area contributed by atoms with E-state index in [2.05, 4.69) is 39.0 Å². The Morgan fingerprint density at radius 3 is 2.80 bits per heavy atom. The van der Waals surface area contributed by atoms with Gasteiger partial charge in [-0.2, -0.15) is 0 Å². The molecule has 0 saturated carbocycles. The molecule has 0 aromatic heterocycles. The third-order valence-corrected chi connectivity index (χ3v) is 3.72. The predicted octanol–water partition coefficient (Wildman–Crippen LogP) is 3.01. The molecule has 1 aliphatic carbocycles. The monoisotopic (exact) mass is 203 g/mol. The lowest BCUT2D eigenvalue weighted by Crippen LogP contribution is -2.20. The molecule has 1 aromatic rings. The van der Waals surface area contributed by atoms with Crippen molar-refractivity contribution in [3.8, 4) is 0 Å². The summed E-state index contributed by atoms with van der Waals surface area (Å²) in [4.78, 5) is 0. The molecule has 2 N–H and O–H groups in total. The number of hydrogen-bond acceptors (Lipinski definition) is 1. The molecule has 0 radical (unpaired) electrons. The molecule has 15 heavy (non-hydrogen) atoms. The molecule has 1 aromatic carbocycles. The van der Waals surface area contributed by atoms with Crippen molar-refractivity contribution in [1.82, 2.24) is 0 Å². The Bertz CT molecular complexity index is 366. The second kappa shape index (κ2) is 3.64. The van der Waals surface area contributed by atoms with Crippen LogP contribution in [0.2, 0.25) is 0 Å². The van der Waals surface area contributed by atoms with Gasteiger partial charge in [0.15, 0.2) is 0 Å². The number of fused-ring (bicyclic) bond motifs is 1. The Labute approximate surface area is 92.7 Å². The highest BCUT2D eigenvalue weighted by Crippen LogP contribution is 2.48. The summed E-state index contributed by atoms with van der Waals surface area (Å²) in [5, 5.41) is 0. The maximum Gasteiger partial charge on any atom is -0.00712 e. The van der Waals surface area contributed by atoms with Crippen molar-refractivity contribution >= 4 is 0 Å². The smallest absolute Gasteiger partial charge is 0.00712 e. The lowest BCUT2D eigenvalue weighted by atomic mass is 9.78. The first-order chi connectivity index (χ1) is 7.04. The molecule has 82 valence electrons. The molecule has 0 aliphatic heterocycles. The summed E-state index contributed by atoms with van der Waals surface area (Å²) in [6.07, 6.45) is 2.32. The Morgan fingerprint density at radius 2 is 2.13 bits per heavy atom. The maximum absolute atomic E-state index is 5.72. The van der Waals surface area contributed by atoms with Crippen LogP contribution in [0.15, 0.2) is 18.2 Å². The number of nitrogens with two attached hydrogens (primary N) is 1. The highest BCUT2D eigenvalue weighted by molar-refractivity contribution is 5.40. The minimum atomic E-state index is 0.384. The van der Waals surface area contributed by atoms with Gasteiger partial charge in [0.1, 0.15) is 0 Å². The minimum Gasteiger partial charge on any atom is -0.330 e. The van der Waals surface area contributed by atoms with E-state index in [1.807, 2.05) is 0 Å². The molecule has 0 heterocycles. The van der Waals surface area contributed by atoms with E-state index in [9.17, 15) is 0 Å². The molecule has 0 amide bonds. The van der Waals surface area contributed by atoms with Crippen LogP contribution >= 0.6 is 0 Å². The first kappa shape index (κ1) is 10.7. The van der Waals surface area contributed by atoms with Gasteiger partial charge in [0.25, 0.3) is 0 Å². The van der Waals surface area contributed by atoms with E-state index in [0.29, 0.717) is 11.3 Å². The molecule has 0 fully saturated rings. The first-order valence-electron chi connectivity index (χ1n) is 5.84. The van der Waals surface area contributed by atoms with Crippen LogP contribution in [-0.2, 0) is 6.42 Å². The fraction of sp³-hybridized carbons (Fsp3) is 0.571. The second-order valence-electron chi connectivity index (χ2n) is 5.50. The Morgan fingerprint density at radius 1 is 1.40 bits per heavy atom. The summed E-state index contributed by atoms with van der Waals surface area (Å²) in [6.45, 7) is 7.69. The van der Waals surface area contributed by atoms with E-state index >= 15 is 0 Å². The molecule has 0 saturated heterocycles. The molecule has 1 heteroatoms. The van der Waals surface area contributed by atoms with E-state index < -0.39 is 0 Å². The fourth-order valence-corrected chi connectivity index (χ4v) is 2.95. The lowest BCUT2D eigenvalue weighted by molar-refractivity contribution is 0.302. The molecule has 1 nitrogen and oxygen atoms in total. The summed E-state index contributed by atoms with van der Waals surface area (Å²) >= 11 is 0. The van der Waals surface area contributed by atoms with Gasteiger partial charge in [0.05, 0.1) is 0 Å². The molecular formula is C14H21N. The predicted molar refractivity (Wildman–Crippen MR) is 65.1 cm³/mol. The number of aryl methyl sites for hydroxylation is 1. The van der Waals surface area contributed by atoms with Gasteiger partial charge in [-0.15, -0.1) is 0 Å². The third-order valence-electron chi connectivity index (χ3n) is 3.72. The van der Waals surface area contributed by atoms with Crippen molar-refractivity contribution in [3.05, 3.63) is 34.9 Å². The molecule has 1 aliphatic rings. The normalized spacial score (nSPS) is 22.8. The maximum atomic E-state index is 5.72. The van der Waals surface area contributed by atoms with Crippen LogP contribution in [0.1, 0.15) is 42.9 Å². The molecule has 2 rings (SSSR count). The minimum absolute atomic E-state index is 0.384. The van der Waals surface area contributed by atoms with Crippen LogP contribution in [-0.4, -0.2) is 6.54 Å². The Balaban J connectivity index is 2.42. The van der Waals surface area contributed by atoms with Crippen LogP contribution < -0.4 is 5.73 Å². The van der Waals surface area contributed by atoms with E-state index in [1.165, 1.54) is 17.5 Å². The van der Waals surface area contributed by atoms with Crippen LogP contribution in [0.25, 0.3) is 0 Å². The summed E-state index contributed by atoms with van der Waals surface area (Å²) in [6, 6.07) is 6.87. The van der Waals surface area contributed by atoms with Crippen molar-refractivity contribution in [2.24, 2.45) is 11.1 Å². The van der Waals surface area contributed by atoms with Gasteiger partial charge in [-0.05, 0) is 48.8 Å². The standard InChI is InChI=1S/C14H21N/c1-10-4-5-11-9-14(2,3)13(6-7-15)12(11)8-10/h4-5,8,13H,6-7,9,15H2,1-3H3. The van der Waals surface area contributed by atoms with Crippen molar-refractivity contribution in [2.75, 3.05) is 6.54 Å². The van der Waals surface area contributed by atoms with E-state index in [4.69, 9.17) is 5.73 Å². The molecule has 1 atom stereocenters. The zero-order valence-electron chi connectivity index (χ0n) is 10.0. The quantitative estimate of drug-likeness (QED) is 0.785. The molecule has 1 unspecified atom stereocenters. The first-order valence-corrected chi connectivity index (χ1v) is 5.84. The zero-order valence-corrected chi connectivity index (χ0v) is 10.0. The highest BCUT2D eigenvalue weighted by Gasteiger charge is 2.37. The van der Waals surface area contributed by atoms with E-state index in [-0.39, 0.29) is 0 Å². The Kier molecular flexibility index (Phi) is 2.59. The lowest BCUT2D eigenvalue weighted by Gasteiger charge is -2.27. The van der Waals surface area contributed by atoms with Crippen molar-refractivity contribution in [3.63, 3.8) is 0 Å². The average Bonchev–Trinajstić information content (AvgIpc) is 2.39. The summed E-state index contributed by atoms with van der Waals surface area (Å²) in [5.74, 6) is 0.650. The van der Waals surface area contributed by atoms with Crippen LogP contribution in [0, 0.1) is 12.3 Å². The summed E-state index contributed by atoms with van der Waals surface area (Å²) in [7, 11) is 0. The average molecular weight is 203 g/mol. The third kappa shape index (κ3) is 1.81. The van der Waals surface area contributed by atoms with Gasteiger partial charge < -0.3 is 5.73 Å². The largest absolute Gasteiger partial charge is 0.330 e. The van der Waals surface area contributed by atoms with Gasteiger partial charge in [-0.1, -0.05) is 37.6 Å². The summed E-state index contributed by atoms with van der Waals surface area (Å²) < 4.78 is 0. The van der Waals surface area contributed by atoms with Gasteiger partial charge >= 0.3 is 0 Å². The fourth-order valence-electron chi connectivity index (χ4n) is 2.95. The number of benzene rings is 1. The second-order valence-corrected chi connectivity index (χ2v) is 5.50. The van der Waals surface area contributed by atoms with Gasteiger partial charge in [-0.3, -0.25) is 0 Å². The van der Waals surface area contributed by atoms with Crippen molar-refractivity contribution in [1.29, 1.82) is 0 Å². The van der Waals surface area contributed by atoms with Crippen LogP contribution in [0.3, 0.4) is 0 Å². The van der Waals surface area contributed by atoms with Gasteiger partial charge in [0, 0.05) is 0 Å². The summed E-state index contributed by atoms with van der Waals surface area (Å²) in [5.41, 5.74) is 10.6. The topological polar surface area (TPSA) is 26.0 Å². The number of rotatable bonds is 2. The van der Waals surface area contributed by atoms with E-state index in [1.54, 1.807) is 5.56 Å².